The van der Waals surface area contributed by atoms with Crippen LogP contribution in [0.2, 0.25) is 5.02 Å². The number of aromatic nitrogens is 1. The van der Waals surface area contributed by atoms with Gasteiger partial charge in [0.05, 0.1) is 6.54 Å². The zero-order valence-corrected chi connectivity index (χ0v) is 16.7. The molecular weight excluding hydrogens is 406 g/mol. The minimum absolute atomic E-state index is 0.206. The highest BCUT2D eigenvalue weighted by molar-refractivity contribution is 6.31. The van der Waals surface area contributed by atoms with Crippen molar-refractivity contribution in [3.63, 3.8) is 0 Å². The summed E-state index contributed by atoms with van der Waals surface area (Å²) in [5.74, 6) is -2.92. The van der Waals surface area contributed by atoms with Crippen LogP contribution in [0.25, 0.3) is 10.8 Å². The molecule has 1 spiro atoms. The van der Waals surface area contributed by atoms with E-state index >= 15 is 0 Å². The van der Waals surface area contributed by atoms with Crippen LogP contribution in [0.15, 0.2) is 60.8 Å². The maximum Gasteiger partial charge on any atom is 0.422 e. The average molecular weight is 424 g/mol. The van der Waals surface area contributed by atoms with Gasteiger partial charge in [-0.1, -0.05) is 48.0 Å². The van der Waals surface area contributed by atoms with Crippen LogP contribution >= 0.6 is 11.6 Å². The van der Waals surface area contributed by atoms with Crippen molar-refractivity contribution in [1.82, 2.24) is 9.88 Å². The maximum atomic E-state index is 12.0. The predicted octanol–water partition coefficient (Wildman–Crippen LogP) is 2.96. The molecule has 0 N–H and O–H groups in total. The smallest absolute Gasteiger partial charge is 0.394 e. The second-order valence-electron chi connectivity index (χ2n) is 7.34. The number of anilines is 1. The maximum absolute atomic E-state index is 12.0. The van der Waals surface area contributed by atoms with Gasteiger partial charge in [0.2, 0.25) is 0 Å². The number of hydrogen-bond donors (Lipinski definition) is 0. The minimum atomic E-state index is -1.55. The summed E-state index contributed by atoms with van der Waals surface area (Å²) in [6, 6.07) is 17.3. The van der Waals surface area contributed by atoms with Crippen molar-refractivity contribution in [3.05, 3.63) is 71.4 Å². The van der Waals surface area contributed by atoms with Crippen LogP contribution in [-0.2, 0) is 25.6 Å². The molecule has 0 atom stereocenters. The van der Waals surface area contributed by atoms with Gasteiger partial charge in [0.15, 0.2) is 0 Å². The van der Waals surface area contributed by atoms with Gasteiger partial charge >= 0.3 is 17.8 Å². The van der Waals surface area contributed by atoms with Gasteiger partial charge in [-0.3, -0.25) is 9.80 Å². The fourth-order valence-corrected chi connectivity index (χ4v) is 4.12. The van der Waals surface area contributed by atoms with Crippen LogP contribution in [0.5, 0.6) is 0 Å². The molecule has 8 heteroatoms. The van der Waals surface area contributed by atoms with Crippen LogP contribution < -0.4 is 4.90 Å². The fourth-order valence-electron chi connectivity index (χ4n) is 4.00. The molecule has 3 heterocycles. The molecule has 30 heavy (non-hydrogen) atoms. The van der Waals surface area contributed by atoms with Crippen LogP contribution in [0.1, 0.15) is 5.56 Å². The zero-order valence-electron chi connectivity index (χ0n) is 16.0. The monoisotopic (exact) mass is 423 g/mol. The third kappa shape index (κ3) is 3.26. The van der Waals surface area contributed by atoms with Crippen LogP contribution in [0.4, 0.5) is 5.82 Å². The predicted molar refractivity (Wildman–Crippen MR) is 111 cm³/mol. The van der Waals surface area contributed by atoms with E-state index in [9.17, 15) is 9.59 Å². The molecule has 7 nitrogen and oxygen atoms in total. The minimum Gasteiger partial charge on any atom is -0.394 e. The number of ether oxygens (including phenoxy) is 2. The summed E-state index contributed by atoms with van der Waals surface area (Å²) in [4.78, 5) is 32.4. The molecule has 2 fully saturated rings. The summed E-state index contributed by atoms with van der Waals surface area (Å²) in [5.41, 5.74) is 1.06. The van der Waals surface area contributed by atoms with Crippen LogP contribution in [0.3, 0.4) is 0 Å². The van der Waals surface area contributed by atoms with E-state index in [1.807, 2.05) is 54.6 Å². The lowest BCUT2D eigenvalue weighted by Crippen LogP contribution is -2.63. The number of pyridine rings is 1. The SMILES string of the molecule is O=C1OC2(CN(Cc3ccc(Cl)cc3)CCN2c2nccc3ccccc23)OC1=O. The number of nitrogens with zero attached hydrogens (tertiary/aromatic N) is 3. The van der Waals surface area contributed by atoms with E-state index in [-0.39, 0.29) is 6.54 Å². The number of esters is 2. The number of rotatable bonds is 3. The lowest BCUT2D eigenvalue weighted by atomic mass is 10.1. The molecule has 0 aliphatic carbocycles. The van der Waals surface area contributed by atoms with E-state index in [2.05, 4.69) is 9.88 Å². The Bertz CT molecular complexity index is 1110. The van der Waals surface area contributed by atoms with Gasteiger partial charge in [-0.25, -0.2) is 14.6 Å². The molecule has 0 unspecified atom stereocenters. The van der Waals surface area contributed by atoms with Crippen LogP contribution in [0, 0.1) is 0 Å². The zero-order chi connectivity index (χ0) is 20.7. The van der Waals surface area contributed by atoms with Gasteiger partial charge in [-0.15, -0.1) is 0 Å². The van der Waals surface area contributed by atoms with E-state index in [1.54, 1.807) is 11.1 Å². The first-order valence-corrected chi connectivity index (χ1v) is 9.96. The van der Waals surface area contributed by atoms with Crippen molar-refractivity contribution < 1.29 is 19.1 Å². The molecule has 1 aromatic heterocycles. The Balaban J connectivity index is 1.50. The Morgan fingerprint density at radius 1 is 0.967 bits per heavy atom. The summed E-state index contributed by atoms with van der Waals surface area (Å²) in [5, 5.41) is 2.56. The van der Waals surface area contributed by atoms with E-state index in [0.29, 0.717) is 30.5 Å². The second kappa shape index (κ2) is 7.27. The van der Waals surface area contributed by atoms with Crippen molar-refractivity contribution in [1.29, 1.82) is 0 Å². The van der Waals surface area contributed by atoms with Gasteiger partial charge < -0.3 is 9.47 Å². The van der Waals surface area contributed by atoms with Gasteiger partial charge in [0.1, 0.15) is 5.82 Å². The molecule has 152 valence electrons. The molecule has 2 aliphatic rings. The number of piperazine rings is 1. The molecule has 0 bridgehead atoms. The molecular formula is C22H18ClN3O4. The molecule has 0 radical (unpaired) electrons. The second-order valence-corrected chi connectivity index (χ2v) is 7.77. The molecule has 2 aromatic carbocycles. The third-order valence-corrected chi connectivity index (χ3v) is 5.63. The van der Waals surface area contributed by atoms with E-state index < -0.39 is 17.8 Å². The lowest BCUT2D eigenvalue weighted by molar-refractivity contribution is -0.193. The van der Waals surface area contributed by atoms with Crippen molar-refractivity contribution in [2.75, 3.05) is 24.5 Å². The molecule has 2 aliphatic heterocycles. The van der Waals surface area contributed by atoms with Gasteiger partial charge in [-0.05, 0) is 29.1 Å². The first kappa shape index (κ1) is 18.8. The largest absolute Gasteiger partial charge is 0.422 e. The van der Waals surface area contributed by atoms with Gasteiger partial charge in [-0.2, -0.15) is 0 Å². The fraction of sp³-hybridized carbons (Fsp3) is 0.227. The van der Waals surface area contributed by atoms with Gasteiger partial charge in [0, 0.05) is 36.2 Å². The first-order valence-electron chi connectivity index (χ1n) is 9.59. The highest BCUT2D eigenvalue weighted by Gasteiger charge is 2.56. The summed E-state index contributed by atoms with van der Waals surface area (Å²) in [6.45, 7) is 1.95. The molecule has 5 rings (SSSR count). The normalized spacial score (nSPS) is 18.6. The number of halogens is 1. The number of hydrogen-bond acceptors (Lipinski definition) is 7. The first-order chi connectivity index (χ1) is 14.5. The average Bonchev–Trinajstić information content (AvgIpc) is 3.03. The van der Waals surface area contributed by atoms with Crippen molar-refractivity contribution in [2.24, 2.45) is 0 Å². The Morgan fingerprint density at radius 2 is 1.70 bits per heavy atom. The summed E-state index contributed by atoms with van der Waals surface area (Å²) >= 11 is 5.98. The Kier molecular flexibility index (Phi) is 4.56. The standard InChI is InChI=1S/C22H18ClN3O4/c23-17-7-5-15(6-8-17)13-25-11-12-26(22(14-25)29-20(27)21(28)30-22)19-18-4-2-1-3-16(18)9-10-24-19/h1-10H,11-14H2. The number of benzene rings is 2. The van der Waals surface area contributed by atoms with Crippen molar-refractivity contribution in [2.45, 2.75) is 12.5 Å². The van der Waals surface area contributed by atoms with Crippen molar-refractivity contribution in [3.8, 4) is 0 Å². The topological polar surface area (TPSA) is 72.0 Å². The third-order valence-electron chi connectivity index (χ3n) is 5.37. The van der Waals surface area contributed by atoms with Crippen molar-refractivity contribution >= 4 is 40.1 Å². The van der Waals surface area contributed by atoms with E-state index in [4.69, 9.17) is 21.1 Å². The highest BCUT2D eigenvalue weighted by Crippen LogP contribution is 2.37. The lowest BCUT2D eigenvalue weighted by Gasteiger charge is -2.45. The Hall–Kier alpha value is -3.16. The van der Waals surface area contributed by atoms with E-state index in [0.717, 1.165) is 16.3 Å². The molecule has 0 saturated carbocycles. The summed E-state index contributed by atoms with van der Waals surface area (Å²) in [7, 11) is 0. The van der Waals surface area contributed by atoms with E-state index in [1.165, 1.54) is 0 Å². The highest BCUT2D eigenvalue weighted by atomic mass is 35.5. The number of carbonyl (C=O) groups excluding carboxylic acids is 2. The molecule has 0 amide bonds. The quantitative estimate of drug-likeness (QED) is 0.473. The molecule has 2 saturated heterocycles. The number of fused-ring (bicyclic) bond motifs is 1. The Morgan fingerprint density at radius 3 is 2.47 bits per heavy atom. The Labute approximate surface area is 177 Å². The molecule has 3 aromatic rings. The summed E-state index contributed by atoms with van der Waals surface area (Å²) in [6.07, 6.45) is 1.70. The summed E-state index contributed by atoms with van der Waals surface area (Å²) < 4.78 is 11.0. The van der Waals surface area contributed by atoms with Crippen LogP contribution in [-0.4, -0.2) is 47.4 Å². The number of carbonyl (C=O) groups is 2. The van der Waals surface area contributed by atoms with Gasteiger partial charge in [0.25, 0.3) is 0 Å².